The second-order valence-electron chi connectivity index (χ2n) is 7.91. The number of guanidine groups is 1. The molecule has 7 nitrogen and oxygen atoms in total. The lowest BCUT2D eigenvalue weighted by Gasteiger charge is -2.22. The lowest BCUT2D eigenvalue weighted by molar-refractivity contribution is -0.140. The maximum Gasteiger partial charge on any atom is 0.233 e. The van der Waals surface area contributed by atoms with Crippen molar-refractivity contribution < 1.29 is 14.3 Å². The molecule has 1 heterocycles. The maximum atomic E-state index is 12.7. The van der Waals surface area contributed by atoms with Crippen molar-refractivity contribution in [2.75, 3.05) is 33.3 Å². The number of fused-ring (bicyclic) bond motifs is 5. The highest BCUT2D eigenvalue weighted by Crippen LogP contribution is 2.52. The third-order valence-electron chi connectivity index (χ3n) is 5.70. The van der Waals surface area contributed by atoms with Crippen molar-refractivity contribution in [2.24, 2.45) is 28.7 Å². The zero-order valence-electron chi connectivity index (χ0n) is 16.5. The molecule has 1 aliphatic heterocycles. The van der Waals surface area contributed by atoms with Crippen molar-refractivity contribution in [3.8, 4) is 0 Å². The number of likely N-dealkylation sites (tertiary alicyclic amines) is 1. The molecule has 4 unspecified atom stereocenters. The molecule has 0 aromatic rings. The van der Waals surface area contributed by atoms with Crippen molar-refractivity contribution in [2.45, 2.75) is 32.8 Å². The molecule has 0 aromatic heterocycles. The lowest BCUT2D eigenvalue weighted by Crippen LogP contribution is -2.44. The van der Waals surface area contributed by atoms with Crippen LogP contribution < -0.4 is 10.6 Å². The number of carbonyl (C=O) groups is 2. The number of hydrogen-bond acceptors (Lipinski definition) is 4. The van der Waals surface area contributed by atoms with Gasteiger partial charge in [-0.15, -0.1) is 24.0 Å². The van der Waals surface area contributed by atoms with Gasteiger partial charge in [0.1, 0.15) is 0 Å². The Kier molecular flexibility index (Phi) is 7.29. The Labute approximate surface area is 178 Å². The van der Waals surface area contributed by atoms with Crippen LogP contribution in [0, 0.1) is 23.7 Å². The first-order valence-electron chi connectivity index (χ1n) is 9.49. The molecule has 2 bridgehead atoms. The summed E-state index contributed by atoms with van der Waals surface area (Å²) in [4.78, 5) is 31.3. The summed E-state index contributed by atoms with van der Waals surface area (Å²) in [5.74, 6) is 0.939. The van der Waals surface area contributed by atoms with Crippen molar-refractivity contribution in [1.29, 1.82) is 0 Å². The van der Waals surface area contributed by atoms with Crippen LogP contribution in [0.3, 0.4) is 0 Å². The smallest absolute Gasteiger partial charge is 0.233 e. The molecule has 3 aliphatic rings. The Morgan fingerprint density at radius 3 is 2.33 bits per heavy atom. The van der Waals surface area contributed by atoms with Gasteiger partial charge < -0.3 is 15.4 Å². The first-order valence-corrected chi connectivity index (χ1v) is 9.49. The minimum Gasteiger partial charge on any atom is -0.377 e. The number of amides is 2. The number of aliphatic imine (C=N–C) groups is 1. The molecular formula is C19H31IN4O3. The van der Waals surface area contributed by atoms with Gasteiger partial charge in [0.15, 0.2) is 5.96 Å². The maximum absolute atomic E-state index is 12.7. The second kappa shape index (κ2) is 8.89. The zero-order chi connectivity index (χ0) is 18.9. The van der Waals surface area contributed by atoms with Gasteiger partial charge in [0.05, 0.1) is 24.0 Å². The Bertz CT molecular complexity index is 604. The summed E-state index contributed by atoms with van der Waals surface area (Å²) in [5.41, 5.74) is -0.340. The lowest BCUT2D eigenvalue weighted by atomic mass is 9.85. The quantitative estimate of drug-likeness (QED) is 0.185. The molecule has 2 amide bonds. The molecule has 27 heavy (non-hydrogen) atoms. The summed E-state index contributed by atoms with van der Waals surface area (Å²) < 4.78 is 5.38. The number of hydrogen-bond donors (Lipinski definition) is 2. The molecular weight excluding hydrogens is 459 g/mol. The molecule has 1 saturated carbocycles. The summed E-state index contributed by atoms with van der Waals surface area (Å²) in [5, 5.41) is 6.39. The van der Waals surface area contributed by atoms with E-state index < -0.39 is 0 Å². The van der Waals surface area contributed by atoms with Crippen LogP contribution in [0.5, 0.6) is 0 Å². The molecule has 0 radical (unpaired) electrons. The van der Waals surface area contributed by atoms with E-state index in [1.54, 1.807) is 7.11 Å². The van der Waals surface area contributed by atoms with Crippen LogP contribution in [0.25, 0.3) is 0 Å². The van der Waals surface area contributed by atoms with Gasteiger partial charge in [-0.3, -0.25) is 19.5 Å². The van der Waals surface area contributed by atoms with Gasteiger partial charge in [-0.25, -0.2) is 0 Å². The van der Waals surface area contributed by atoms with E-state index in [1.807, 2.05) is 20.8 Å². The number of ether oxygens (including phenoxy) is 1. The van der Waals surface area contributed by atoms with Crippen LogP contribution in [-0.4, -0.2) is 61.6 Å². The van der Waals surface area contributed by atoms with Gasteiger partial charge in [-0.05, 0) is 39.0 Å². The van der Waals surface area contributed by atoms with Crippen molar-refractivity contribution in [3.05, 3.63) is 12.2 Å². The fraction of sp³-hybridized carbons (Fsp3) is 0.737. The first-order chi connectivity index (χ1) is 12.4. The number of nitrogens with zero attached hydrogens (tertiary/aromatic N) is 2. The average Bonchev–Trinajstić information content (AvgIpc) is 3.29. The standard InChI is InChI=1S/C19H30N4O3.HI/c1-5-20-18(22-11-19(2,3)26-4)21-8-9-23-16(24)14-12-6-7-13(10-12)15(14)17(23)25;/h6-7,12-15H,5,8-11H2,1-4H3,(H2,20,21,22);1H. The number of halogens is 1. The molecule has 8 heteroatoms. The minimum atomic E-state index is -0.340. The minimum absolute atomic E-state index is 0. The highest BCUT2D eigenvalue weighted by molar-refractivity contribution is 14.0. The summed E-state index contributed by atoms with van der Waals surface area (Å²) in [6.45, 7) is 8.06. The fourth-order valence-corrected chi connectivity index (χ4v) is 4.15. The van der Waals surface area contributed by atoms with E-state index in [-0.39, 0.29) is 65.1 Å². The number of nitrogens with one attached hydrogen (secondary N) is 2. The fourth-order valence-electron chi connectivity index (χ4n) is 4.15. The summed E-state index contributed by atoms with van der Waals surface area (Å²) in [6, 6.07) is 0. The molecule has 3 rings (SSSR count). The van der Waals surface area contributed by atoms with E-state index in [0.717, 1.165) is 13.0 Å². The highest BCUT2D eigenvalue weighted by atomic mass is 127. The topological polar surface area (TPSA) is 83.0 Å². The Morgan fingerprint density at radius 1 is 1.22 bits per heavy atom. The third kappa shape index (κ3) is 4.47. The predicted octanol–water partition coefficient (Wildman–Crippen LogP) is 1.39. The molecule has 0 spiro atoms. The molecule has 152 valence electrons. The Balaban J connectivity index is 0.00000261. The van der Waals surface area contributed by atoms with Crippen LogP contribution in [-0.2, 0) is 14.3 Å². The largest absolute Gasteiger partial charge is 0.377 e. The first kappa shape index (κ1) is 22.1. The van der Waals surface area contributed by atoms with Gasteiger partial charge >= 0.3 is 0 Å². The molecule has 2 aliphatic carbocycles. The Hall–Kier alpha value is -1.16. The van der Waals surface area contributed by atoms with Crippen LogP contribution in [0.4, 0.5) is 0 Å². The van der Waals surface area contributed by atoms with E-state index in [0.29, 0.717) is 25.6 Å². The SMILES string of the molecule is CCNC(=NCC(C)(C)OC)NCCN1C(=O)C2C3C=CC(C3)C2C1=O.I. The average molecular weight is 490 g/mol. The van der Waals surface area contributed by atoms with E-state index in [9.17, 15) is 9.59 Å². The van der Waals surface area contributed by atoms with Gasteiger partial charge in [0.25, 0.3) is 0 Å². The molecule has 4 atom stereocenters. The van der Waals surface area contributed by atoms with Gasteiger partial charge in [0.2, 0.25) is 11.8 Å². The number of rotatable bonds is 7. The number of carbonyl (C=O) groups excluding carboxylic acids is 2. The van der Waals surface area contributed by atoms with Gasteiger partial charge in [-0.2, -0.15) is 0 Å². The van der Waals surface area contributed by atoms with E-state index in [2.05, 4.69) is 27.8 Å². The number of methoxy groups -OCH3 is 1. The van der Waals surface area contributed by atoms with Crippen LogP contribution in [0.1, 0.15) is 27.2 Å². The second-order valence-corrected chi connectivity index (χ2v) is 7.91. The number of imide groups is 1. The summed E-state index contributed by atoms with van der Waals surface area (Å²) >= 11 is 0. The monoisotopic (exact) mass is 490 g/mol. The molecule has 2 fully saturated rings. The van der Waals surface area contributed by atoms with Crippen LogP contribution in [0.15, 0.2) is 17.1 Å². The van der Waals surface area contributed by atoms with Crippen LogP contribution in [0.2, 0.25) is 0 Å². The van der Waals surface area contributed by atoms with E-state index in [1.165, 1.54) is 4.90 Å². The van der Waals surface area contributed by atoms with Crippen molar-refractivity contribution in [1.82, 2.24) is 15.5 Å². The zero-order valence-corrected chi connectivity index (χ0v) is 18.9. The van der Waals surface area contributed by atoms with Crippen molar-refractivity contribution in [3.63, 3.8) is 0 Å². The van der Waals surface area contributed by atoms with Crippen LogP contribution >= 0.6 is 24.0 Å². The molecule has 0 aromatic carbocycles. The molecule has 1 saturated heterocycles. The third-order valence-corrected chi connectivity index (χ3v) is 5.70. The molecule has 2 N–H and O–H groups in total. The summed E-state index contributed by atoms with van der Waals surface area (Å²) in [7, 11) is 1.67. The normalized spacial score (nSPS) is 29.2. The highest BCUT2D eigenvalue weighted by Gasteiger charge is 2.58. The van der Waals surface area contributed by atoms with E-state index >= 15 is 0 Å². The van der Waals surface area contributed by atoms with Gasteiger partial charge in [-0.1, -0.05) is 12.2 Å². The summed E-state index contributed by atoms with van der Waals surface area (Å²) in [6.07, 6.45) is 5.20. The van der Waals surface area contributed by atoms with E-state index in [4.69, 9.17) is 4.74 Å². The number of allylic oxidation sites excluding steroid dienone is 2. The van der Waals surface area contributed by atoms with Gasteiger partial charge in [0, 0.05) is 26.7 Å². The van der Waals surface area contributed by atoms with Crippen molar-refractivity contribution >= 4 is 41.8 Å². The predicted molar refractivity (Wildman–Crippen MR) is 115 cm³/mol. The Morgan fingerprint density at radius 2 is 1.81 bits per heavy atom.